The van der Waals surface area contributed by atoms with Crippen molar-refractivity contribution >= 4 is 32.5 Å². The minimum atomic E-state index is -0.338. The Kier molecular flexibility index (Phi) is 2.61. The molecule has 1 heterocycles. The lowest BCUT2D eigenvalue weighted by molar-refractivity contribution is 0.636. The number of nitrogens with two attached hydrogens (primary N) is 1. The summed E-state index contributed by atoms with van der Waals surface area (Å²) in [6.45, 7) is 1.96. The minimum absolute atomic E-state index is 0.334. The van der Waals surface area contributed by atoms with Crippen LogP contribution < -0.4 is 5.73 Å². The summed E-state index contributed by atoms with van der Waals surface area (Å²) in [5.41, 5.74) is 7.56. The number of hydrogen-bond donors (Lipinski definition) is 1. The average molecular weight is 269 g/mol. The maximum atomic E-state index is 13.5. The number of hydrogen-bond acceptors (Lipinski definition) is 2. The molecule has 78 valence electrons. The lowest BCUT2D eigenvalue weighted by atomic mass is 10.1. The maximum absolute atomic E-state index is 13.5. The van der Waals surface area contributed by atoms with Crippen LogP contribution in [0, 0.1) is 5.82 Å². The minimum Gasteiger partial charge on any atom is -0.398 e. The highest BCUT2D eigenvalue weighted by molar-refractivity contribution is 9.10. The van der Waals surface area contributed by atoms with E-state index in [9.17, 15) is 4.39 Å². The number of aromatic nitrogens is 1. The van der Waals surface area contributed by atoms with Gasteiger partial charge in [-0.15, -0.1) is 0 Å². The highest BCUT2D eigenvalue weighted by Gasteiger charge is 2.10. The van der Waals surface area contributed by atoms with Gasteiger partial charge in [-0.2, -0.15) is 0 Å². The van der Waals surface area contributed by atoms with Crippen molar-refractivity contribution in [2.24, 2.45) is 0 Å². The van der Waals surface area contributed by atoms with Crippen LogP contribution >= 0.6 is 15.9 Å². The summed E-state index contributed by atoms with van der Waals surface area (Å²) in [6, 6.07) is 4.81. The zero-order valence-electron chi connectivity index (χ0n) is 8.22. The second kappa shape index (κ2) is 3.77. The van der Waals surface area contributed by atoms with Gasteiger partial charge in [0, 0.05) is 21.2 Å². The van der Waals surface area contributed by atoms with Gasteiger partial charge in [0.1, 0.15) is 11.3 Å². The van der Waals surface area contributed by atoms with E-state index in [-0.39, 0.29) is 5.82 Å². The molecule has 0 aliphatic rings. The molecule has 0 radical (unpaired) electrons. The van der Waals surface area contributed by atoms with E-state index in [0.717, 1.165) is 16.6 Å². The van der Waals surface area contributed by atoms with Gasteiger partial charge in [0.15, 0.2) is 0 Å². The molecule has 0 unspecified atom stereocenters. The highest BCUT2D eigenvalue weighted by Crippen LogP contribution is 2.30. The van der Waals surface area contributed by atoms with E-state index in [1.54, 1.807) is 12.1 Å². The van der Waals surface area contributed by atoms with E-state index in [1.165, 1.54) is 6.07 Å². The van der Waals surface area contributed by atoms with Crippen molar-refractivity contribution in [3.8, 4) is 0 Å². The van der Waals surface area contributed by atoms with Crippen molar-refractivity contribution in [1.29, 1.82) is 0 Å². The first-order valence-electron chi connectivity index (χ1n) is 4.66. The fraction of sp³-hybridized carbons (Fsp3) is 0.182. The van der Waals surface area contributed by atoms with Gasteiger partial charge in [-0.25, -0.2) is 9.37 Å². The SMILES string of the molecule is CCc1cc(N)c2c(Br)ccc(F)c2n1. The monoisotopic (exact) mass is 268 g/mol. The number of rotatable bonds is 1. The van der Waals surface area contributed by atoms with Crippen LogP contribution in [0.3, 0.4) is 0 Å². The van der Waals surface area contributed by atoms with E-state index in [1.807, 2.05) is 6.92 Å². The molecule has 0 amide bonds. The Morgan fingerprint density at radius 3 is 2.87 bits per heavy atom. The number of nitrogen functional groups attached to an aromatic ring is 1. The third-order valence-electron chi connectivity index (χ3n) is 2.31. The van der Waals surface area contributed by atoms with Crippen LogP contribution in [0.15, 0.2) is 22.7 Å². The summed E-state index contributed by atoms with van der Waals surface area (Å²) in [6.07, 6.45) is 0.742. The average Bonchev–Trinajstić information content (AvgIpc) is 2.23. The molecule has 1 aromatic carbocycles. The molecule has 0 aliphatic heterocycles. The summed E-state index contributed by atoms with van der Waals surface area (Å²) >= 11 is 3.34. The highest BCUT2D eigenvalue weighted by atomic mass is 79.9. The summed E-state index contributed by atoms with van der Waals surface area (Å²) in [7, 11) is 0. The van der Waals surface area contributed by atoms with Gasteiger partial charge in [-0.3, -0.25) is 0 Å². The number of aryl methyl sites for hydroxylation is 1. The first-order valence-corrected chi connectivity index (χ1v) is 5.46. The third kappa shape index (κ3) is 1.69. The van der Waals surface area contributed by atoms with Gasteiger partial charge in [0.25, 0.3) is 0 Å². The number of anilines is 1. The molecule has 15 heavy (non-hydrogen) atoms. The molecule has 0 aliphatic carbocycles. The van der Waals surface area contributed by atoms with Crippen molar-refractivity contribution in [1.82, 2.24) is 4.98 Å². The second-order valence-electron chi connectivity index (χ2n) is 3.31. The molecule has 2 aromatic rings. The Labute approximate surface area is 95.4 Å². The Morgan fingerprint density at radius 1 is 1.47 bits per heavy atom. The van der Waals surface area contributed by atoms with Gasteiger partial charge < -0.3 is 5.73 Å². The first kappa shape index (κ1) is 10.4. The lowest BCUT2D eigenvalue weighted by Crippen LogP contribution is -1.97. The van der Waals surface area contributed by atoms with Crippen molar-refractivity contribution in [3.05, 3.63) is 34.2 Å². The first-order chi connectivity index (χ1) is 7.13. The van der Waals surface area contributed by atoms with Gasteiger partial charge in [-0.05, 0) is 24.6 Å². The van der Waals surface area contributed by atoms with Gasteiger partial charge >= 0.3 is 0 Å². The van der Waals surface area contributed by atoms with Crippen molar-refractivity contribution in [2.75, 3.05) is 5.73 Å². The van der Waals surface area contributed by atoms with E-state index >= 15 is 0 Å². The van der Waals surface area contributed by atoms with Crippen molar-refractivity contribution < 1.29 is 4.39 Å². The van der Waals surface area contributed by atoms with E-state index in [2.05, 4.69) is 20.9 Å². The van der Waals surface area contributed by atoms with Crippen LogP contribution in [0.2, 0.25) is 0 Å². The largest absolute Gasteiger partial charge is 0.398 e. The van der Waals surface area contributed by atoms with Crippen LogP contribution in [0.5, 0.6) is 0 Å². The molecule has 2 N–H and O–H groups in total. The number of pyridine rings is 1. The molecule has 0 saturated carbocycles. The number of fused-ring (bicyclic) bond motifs is 1. The topological polar surface area (TPSA) is 38.9 Å². The smallest absolute Gasteiger partial charge is 0.149 e. The van der Waals surface area contributed by atoms with Crippen LogP contribution in [0.1, 0.15) is 12.6 Å². The number of benzene rings is 1. The molecule has 2 nitrogen and oxygen atoms in total. The molecular weight excluding hydrogens is 259 g/mol. The fourth-order valence-corrected chi connectivity index (χ4v) is 2.08. The lowest BCUT2D eigenvalue weighted by Gasteiger charge is -2.07. The van der Waals surface area contributed by atoms with E-state index in [0.29, 0.717) is 16.6 Å². The second-order valence-corrected chi connectivity index (χ2v) is 4.16. The molecule has 0 fully saturated rings. The van der Waals surface area contributed by atoms with Gasteiger partial charge in [-0.1, -0.05) is 22.9 Å². The molecule has 0 saturated heterocycles. The summed E-state index contributed by atoms with van der Waals surface area (Å²) < 4.78 is 14.3. The quantitative estimate of drug-likeness (QED) is 0.862. The van der Waals surface area contributed by atoms with E-state index in [4.69, 9.17) is 5.73 Å². The molecule has 2 rings (SSSR count). The fourth-order valence-electron chi connectivity index (χ4n) is 1.53. The summed E-state index contributed by atoms with van der Waals surface area (Å²) in [5, 5.41) is 0.646. The van der Waals surface area contributed by atoms with Gasteiger partial charge in [0.2, 0.25) is 0 Å². The Balaban J connectivity index is 2.90. The zero-order valence-corrected chi connectivity index (χ0v) is 9.81. The Hall–Kier alpha value is -1.16. The normalized spacial score (nSPS) is 10.9. The Bertz CT molecular complexity index is 525. The van der Waals surface area contributed by atoms with Crippen molar-refractivity contribution in [2.45, 2.75) is 13.3 Å². The summed E-state index contributed by atoms with van der Waals surface area (Å²) in [5.74, 6) is -0.338. The number of nitrogens with zero attached hydrogens (tertiary/aromatic N) is 1. The molecule has 0 atom stereocenters. The van der Waals surface area contributed by atoms with Crippen LogP contribution in [-0.4, -0.2) is 4.98 Å². The van der Waals surface area contributed by atoms with Crippen molar-refractivity contribution in [3.63, 3.8) is 0 Å². The van der Waals surface area contributed by atoms with Crippen LogP contribution in [-0.2, 0) is 6.42 Å². The Morgan fingerprint density at radius 2 is 2.20 bits per heavy atom. The number of halogens is 2. The van der Waals surface area contributed by atoms with Crippen LogP contribution in [0.4, 0.5) is 10.1 Å². The molecule has 4 heteroatoms. The predicted octanol–water partition coefficient (Wildman–Crippen LogP) is 3.28. The molecular formula is C11H10BrFN2. The van der Waals surface area contributed by atoms with Crippen LogP contribution in [0.25, 0.3) is 10.9 Å². The third-order valence-corrected chi connectivity index (χ3v) is 2.97. The van der Waals surface area contributed by atoms with Gasteiger partial charge in [0.05, 0.1) is 0 Å². The summed E-state index contributed by atoms with van der Waals surface area (Å²) in [4.78, 5) is 4.23. The zero-order chi connectivity index (χ0) is 11.0. The standard InChI is InChI=1S/C11H10BrFN2/c1-2-6-5-9(14)10-7(12)3-4-8(13)11(10)15-6/h3-5H,2H2,1H3,(H2,14,15). The predicted molar refractivity (Wildman–Crippen MR) is 63.2 cm³/mol. The maximum Gasteiger partial charge on any atom is 0.149 e. The molecule has 0 bridgehead atoms. The molecule has 0 spiro atoms. The van der Waals surface area contributed by atoms with E-state index < -0.39 is 0 Å². The molecule has 1 aromatic heterocycles.